The maximum absolute atomic E-state index is 12.8. The maximum Gasteiger partial charge on any atom is 0.433 e. The summed E-state index contributed by atoms with van der Waals surface area (Å²) in [7, 11) is 0. The molecule has 1 saturated heterocycles. The quantitative estimate of drug-likeness (QED) is 0.910. The van der Waals surface area contributed by atoms with E-state index >= 15 is 0 Å². The molecule has 1 aliphatic heterocycles. The first-order chi connectivity index (χ1) is 11.4. The lowest BCUT2D eigenvalue weighted by Crippen LogP contribution is -2.15. The summed E-state index contributed by atoms with van der Waals surface area (Å²) in [6, 6.07) is 3.72. The van der Waals surface area contributed by atoms with Crippen LogP contribution in [0.15, 0.2) is 18.2 Å². The minimum atomic E-state index is -4.54. The Morgan fingerprint density at radius 1 is 1.08 bits per heavy atom. The topological polar surface area (TPSA) is 72.8 Å². The molecule has 126 valence electrons. The molecule has 2 aromatic heterocycles. The highest BCUT2D eigenvalue weighted by molar-refractivity contribution is 6.28. The smallest absolute Gasteiger partial charge is 0.381 e. The van der Waals surface area contributed by atoms with Gasteiger partial charge >= 0.3 is 6.18 Å². The summed E-state index contributed by atoms with van der Waals surface area (Å²) in [5.74, 6) is 1.04. The standard InChI is InChI=1S/C14H11ClF3N5O/c15-12-21-11(8-2-1-3-9(19-8)14(16,17)18)22-13(23-12)20-10-6-4-24-5-7(6)10/h1-3,6-7,10H,4-5H2,(H,20,21,22,23)/t6-,7+,10+. The third-order valence-corrected chi connectivity index (χ3v) is 4.29. The molecule has 1 aliphatic carbocycles. The monoisotopic (exact) mass is 357 g/mol. The molecule has 0 unspecified atom stereocenters. The van der Waals surface area contributed by atoms with Crippen molar-refractivity contribution in [3.8, 4) is 11.5 Å². The van der Waals surface area contributed by atoms with E-state index in [9.17, 15) is 13.2 Å². The number of fused-ring (bicyclic) bond motifs is 1. The average Bonchev–Trinajstić information content (AvgIpc) is 2.95. The van der Waals surface area contributed by atoms with Crippen LogP contribution >= 0.6 is 11.6 Å². The fraction of sp³-hybridized carbons (Fsp3) is 0.429. The number of rotatable bonds is 3. The summed E-state index contributed by atoms with van der Waals surface area (Å²) in [5.41, 5.74) is -1.03. The van der Waals surface area contributed by atoms with Crippen LogP contribution in [0.1, 0.15) is 5.69 Å². The van der Waals surface area contributed by atoms with Gasteiger partial charge in [-0.2, -0.15) is 28.1 Å². The van der Waals surface area contributed by atoms with E-state index in [0.29, 0.717) is 25.0 Å². The van der Waals surface area contributed by atoms with Crippen LogP contribution in [0.3, 0.4) is 0 Å². The summed E-state index contributed by atoms with van der Waals surface area (Å²) in [6.07, 6.45) is -4.54. The van der Waals surface area contributed by atoms with Gasteiger partial charge in [-0.25, -0.2) is 4.98 Å². The van der Waals surface area contributed by atoms with Gasteiger partial charge in [0.05, 0.1) is 13.2 Å². The number of ether oxygens (including phenoxy) is 1. The fourth-order valence-electron chi connectivity index (χ4n) is 2.85. The van der Waals surface area contributed by atoms with Gasteiger partial charge in [-0.15, -0.1) is 0 Å². The Balaban J connectivity index is 1.61. The zero-order valence-electron chi connectivity index (χ0n) is 12.1. The van der Waals surface area contributed by atoms with Crippen molar-refractivity contribution in [3.63, 3.8) is 0 Å². The fourth-order valence-corrected chi connectivity index (χ4v) is 3.01. The summed E-state index contributed by atoms with van der Waals surface area (Å²) >= 11 is 5.88. The van der Waals surface area contributed by atoms with Crippen molar-refractivity contribution in [2.24, 2.45) is 11.8 Å². The Morgan fingerprint density at radius 2 is 1.83 bits per heavy atom. The van der Waals surface area contributed by atoms with Gasteiger partial charge in [0, 0.05) is 17.9 Å². The van der Waals surface area contributed by atoms with Crippen LogP contribution in [-0.4, -0.2) is 39.2 Å². The molecule has 24 heavy (non-hydrogen) atoms. The summed E-state index contributed by atoms with van der Waals surface area (Å²) in [5, 5.41) is 3.03. The minimum absolute atomic E-state index is 0.00865. The van der Waals surface area contributed by atoms with E-state index in [0.717, 1.165) is 6.07 Å². The van der Waals surface area contributed by atoms with Gasteiger partial charge in [-0.05, 0) is 23.7 Å². The van der Waals surface area contributed by atoms with Crippen LogP contribution in [-0.2, 0) is 10.9 Å². The molecule has 3 atom stereocenters. The van der Waals surface area contributed by atoms with Crippen LogP contribution in [0, 0.1) is 11.8 Å². The molecular weight excluding hydrogens is 347 g/mol. The van der Waals surface area contributed by atoms with Gasteiger partial charge in [0.1, 0.15) is 11.4 Å². The Morgan fingerprint density at radius 3 is 2.54 bits per heavy atom. The Hall–Kier alpha value is -2.00. The molecule has 10 heteroatoms. The molecule has 0 radical (unpaired) electrons. The molecule has 1 N–H and O–H groups in total. The first-order valence-corrected chi connectivity index (χ1v) is 7.60. The Labute approximate surface area is 139 Å². The number of hydrogen-bond donors (Lipinski definition) is 1. The number of aromatic nitrogens is 4. The molecule has 0 amide bonds. The van der Waals surface area contributed by atoms with Gasteiger partial charge in [0.25, 0.3) is 0 Å². The maximum atomic E-state index is 12.8. The van der Waals surface area contributed by atoms with Gasteiger partial charge < -0.3 is 10.1 Å². The van der Waals surface area contributed by atoms with Crippen LogP contribution < -0.4 is 5.32 Å². The highest BCUT2D eigenvalue weighted by atomic mass is 35.5. The van der Waals surface area contributed by atoms with Crippen LogP contribution in [0.5, 0.6) is 0 Å². The van der Waals surface area contributed by atoms with Crippen LogP contribution in [0.2, 0.25) is 5.28 Å². The number of nitrogens with one attached hydrogen (secondary N) is 1. The van der Waals surface area contributed by atoms with Crippen molar-refractivity contribution in [2.45, 2.75) is 12.2 Å². The van der Waals surface area contributed by atoms with E-state index in [1.165, 1.54) is 12.1 Å². The van der Waals surface area contributed by atoms with Crippen molar-refractivity contribution in [3.05, 3.63) is 29.2 Å². The van der Waals surface area contributed by atoms with Crippen LogP contribution in [0.25, 0.3) is 11.5 Å². The van der Waals surface area contributed by atoms with Gasteiger partial charge in [0.2, 0.25) is 11.2 Å². The molecule has 2 aromatic rings. The van der Waals surface area contributed by atoms with Crippen molar-refractivity contribution in [1.29, 1.82) is 0 Å². The van der Waals surface area contributed by atoms with Gasteiger partial charge in [-0.3, -0.25) is 0 Å². The molecular formula is C14H11ClF3N5O. The van der Waals surface area contributed by atoms with E-state index in [2.05, 4.69) is 25.3 Å². The van der Waals surface area contributed by atoms with Gasteiger partial charge in [-0.1, -0.05) is 6.07 Å². The first-order valence-electron chi connectivity index (χ1n) is 7.22. The highest BCUT2D eigenvalue weighted by Gasteiger charge is 2.54. The average molecular weight is 358 g/mol. The molecule has 4 rings (SSSR count). The summed E-state index contributed by atoms with van der Waals surface area (Å²) in [6.45, 7) is 1.37. The highest BCUT2D eigenvalue weighted by Crippen LogP contribution is 2.45. The second-order valence-corrected chi connectivity index (χ2v) is 6.03. The van der Waals surface area contributed by atoms with E-state index in [1.807, 2.05) is 0 Å². The molecule has 1 saturated carbocycles. The number of pyridine rings is 1. The summed E-state index contributed by atoms with van der Waals surface area (Å²) < 4.78 is 43.7. The second-order valence-electron chi connectivity index (χ2n) is 5.69. The largest absolute Gasteiger partial charge is 0.433 e. The van der Waals surface area contributed by atoms with Crippen molar-refractivity contribution < 1.29 is 17.9 Å². The predicted octanol–water partition coefficient (Wildman–Crippen LogP) is 2.66. The Bertz CT molecular complexity index is 777. The lowest BCUT2D eigenvalue weighted by atomic mass is 10.3. The third kappa shape index (κ3) is 2.89. The number of anilines is 1. The van der Waals surface area contributed by atoms with E-state index < -0.39 is 11.9 Å². The van der Waals surface area contributed by atoms with Crippen molar-refractivity contribution in [1.82, 2.24) is 19.9 Å². The molecule has 0 spiro atoms. The van der Waals surface area contributed by atoms with E-state index in [1.54, 1.807) is 0 Å². The Kier molecular flexibility index (Phi) is 3.57. The number of hydrogen-bond acceptors (Lipinski definition) is 6. The lowest BCUT2D eigenvalue weighted by molar-refractivity contribution is -0.141. The molecule has 0 bridgehead atoms. The van der Waals surface area contributed by atoms with E-state index in [4.69, 9.17) is 16.3 Å². The third-order valence-electron chi connectivity index (χ3n) is 4.12. The predicted molar refractivity (Wildman–Crippen MR) is 78.3 cm³/mol. The molecule has 2 aliphatic rings. The number of alkyl halides is 3. The van der Waals surface area contributed by atoms with Crippen molar-refractivity contribution in [2.75, 3.05) is 18.5 Å². The SMILES string of the molecule is FC(F)(F)c1cccc(-c2nc(Cl)nc(N[C@H]3[C@@H]4COC[C@@H]43)n2)n1. The van der Waals surface area contributed by atoms with Crippen LogP contribution in [0.4, 0.5) is 19.1 Å². The summed E-state index contributed by atoms with van der Waals surface area (Å²) in [4.78, 5) is 15.6. The number of halogens is 4. The molecule has 2 fully saturated rings. The second kappa shape index (κ2) is 5.52. The molecule has 6 nitrogen and oxygen atoms in total. The van der Waals surface area contributed by atoms with Gasteiger partial charge in [0.15, 0.2) is 5.82 Å². The van der Waals surface area contributed by atoms with Crippen molar-refractivity contribution >= 4 is 17.5 Å². The molecule has 0 aromatic carbocycles. The van der Waals surface area contributed by atoms with E-state index in [-0.39, 0.29) is 28.8 Å². The normalized spacial score (nSPS) is 25.4. The molecule has 3 heterocycles. The lowest BCUT2D eigenvalue weighted by Gasteiger charge is -2.10. The zero-order valence-corrected chi connectivity index (χ0v) is 12.8. The number of nitrogens with zero attached hydrogens (tertiary/aromatic N) is 4. The zero-order chi connectivity index (χ0) is 16.9. The minimum Gasteiger partial charge on any atom is -0.381 e. The first kappa shape index (κ1) is 15.5.